The SMILES string of the molecule is CC(C)[C@H](N)C(=O)N[C@H](CN(C(=O)C(Cl)Cl)c1cccc(-c2ccno2)c1)C(C)C. The highest BCUT2D eigenvalue weighted by Crippen LogP contribution is 2.26. The average molecular weight is 455 g/mol. The second-order valence-corrected chi connectivity index (χ2v) is 8.90. The second kappa shape index (κ2) is 10.8. The van der Waals surface area contributed by atoms with E-state index in [1.807, 2.05) is 33.8 Å². The van der Waals surface area contributed by atoms with Gasteiger partial charge in [0, 0.05) is 29.9 Å². The van der Waals surface area contributed by atoms with Gasteiger partial charge in [0.25, 0.3) is 5.91 Å². The number of nitrogens with zero attached hydrogens (tertiary/aromatic N) is 2. The van der Waals surface area contributed by atoms with Gasteiger partial charge in [-0.05, 0) is 24.0 Å². The first-order valence-electron chi connectivity index (χ1n) is 9.78. The summed E-state index contributed by atoms with van der Waals surface area (Å²) in [6.07, 6.45) is 1.54. The van der Waals surface area contributed by atoms with Crippen molar-refractivity contribution in [1.29, 1.82) is 0 Å². The van der Waals surface area contributed by atoms with E-state index in [-0.39, 0.29) is 30.3 Å². The molecule has 164 valence electrons. The van der Waals surface area contributed by atoms with Crippen LogP contribution in [0.15, 0.2) is 41.1 Å². The number of nitrogens with two attached hydrogens (primary N) is 1. The number of rotatable bonds is 9. The van der Waals surface area contributed by atoms with Gasteiger partial charge in [-0.3, -0.25) is 9.59 Å². The maximum Gasteiger partial charge on any atom is 0.260 e. The molecule has 0 saturated carbocycles. The van der Waals surface area contributed by atoms with Crippen LogP contribution >= 0.6 is 23.2 Å². The van der Waals surface area contributed by atoms with Gasteiger partial charge in [-0.25, -0.2) is 0 Å². The van der Waals surface area contributed by atoms with Gasteiger partial charge in [-0.2, -0.15) is 0 Å². The van der Waals surface area contributed by atoms with Crippen LogP contribution in [0.3, 0.4) is 0 Å². The van der Waals surface area contributed by atoms with Crippen LogP contribution in [0.4, 0.5) is 5.69 Å². The van der Waals surface area contributed by atoms with E-state index in [4.69, 9.17) is 33.5 Å². The average Bonchev–Trinajstić information content (AvgIpc) is 3.24. The zero-order valence-corrected chi connectivity index (χ0v) is 19.0. The number of carbonyl (C=O) groups is 2. The summed E-state index contributed by atoms with van der Waals surface area (Å²) in [5.74, 6) is -0.163. The number of hydrogen-bond acceptors (Lipinski definition) is 5. The quantitative estimate of drug-likeness (QED) is 0.563. The van der Waals surface area contributed by atoms with Crippen molar-refractivity contribution in [3.8, 4) is 11.3 Å². The summed E-state index contributed by atoms with van der Waals surface area (Å²) in [6.45, 7) is 7.86. The van der Waals surface area contributed by atoms with Crippen molar-refractivity contribution < 1.29 is 14.1 Å². The normalized spacial score (nSPS) is 13.5. The standard InChI is InChI=1S/C21H28Cl2N4O3/c1-12(2)16(26-20(28)18(24)13(3)4)11-27(21(29)19(22)23)15-7-5-6-14(10-15)17-8-9-25-30-17/h5-10,12-13,16,18-19H,11,24H2,1-4H3,(H,26,28)/t16-,18+/m1/s1. The van der Waals surface area contributed by atoms with Crippen molar-refractivity contribution in [2.24, 2.45) is 17.6 Å². The summed E-state index contributed by atoms with van der Waals surface area (Å²) >= 11 is 11.8. The molecule has 7 nitrogen and oxygen atoms in total. The first-order chi connectivity index (χ1) is 14.1. The highest BCUT2D eigenvalue weighted by Gasteiger charge is 2.29. The number of hydrogen-bond donors (Lipinski definition) is 2. The summed E-state index contributed by atoms with van der Waals surface area (Å²) in [5.41, 5.74) is 7.30. The van der Waals surface area contributed by atoms with E-state index in [1.54, 1.807) is 30.5 Å². The lowest BCUT2D eigenvalue weighted by Gasteiger charge is -2.32. The Kier molecular flexibility index (Phi) is 8.70. The topological polar surface area (TPSA) is 101 Å². The van der Waals surface area contributed by atoms with Crippen LogP contribution in [0.2, 0.25) is 0 Å². The largest absolute Gasteiger partial charge is 0.356 e. The van der Waals surface area contributed by atoms with Crippen molar-refractivity contribution >= 4 is 40.7 Å². The van der Waals surface area contributed by atoms with Gasteiger partial charge in [0.05, 0.1) is 12.2 Å². The first kappa shape index (κ1) is 24.2. The predicted molar refractivity (Wildman–Crippen MR) is 119 cm³/mol. The number of benzene rings is 1. The molecule has 1 heterocycles. The van der Waals surface area contributed by atoms with Crippen molar-refractivity contribution in [3.63, 3.8) is 0 Å². The number of halogens is 2. The van der Waals surface area contributed by atoms with Gasteiger partial charge in [0.15, 0.2) is 10.6 Å². The molecular weight excluding hydrogens is 427 g/mol. The third-order valence-electron chi connectivity index (χ3n) is 4.87. The summed E-state index contributed by atoms with van der Waals surface area (Å²) in [6, 6.07) is 7.92. The molecule has 0 aliphatic carbocycles. The van der Waals surface area contributed by atoms with Crippen LogP contribution in [-0.4, -0.2) is 40.4 Å². The maximum absolute atomic E-state index is 12.8. The smallest absolute Gasteiger partial charge is 0.260 e. The van der Waals surface area contributed by atoms with Crippen LogP contribution in [0, 0.1) is 11.8 Å². The van der Waals surface area contributed by atoms with Crippen LogP contribution in [0.25, 0.3) is 11.3 Å². The minimum Gasteiger partial charge on any atom is -0.356 e. The van der Waals surface area contributed by atoms with E-state index in [0.29, 0.717) is 11.4 Å². The van der Waals surface area contributed by atoms with E-state index >= 15 is 0 Å². The summed E-state index contributed by atoms with van der Waals surface area (Å²) in [5, 5.41) is 6.68. The molecular formula is C21H28Cl2N4O3. The number of aromatic nitrogens is 1. The third kappa shape index (κ3) is 6.20. The van der Waals surface area contributed by atoms with E-state index in [1.165, 1.54) is 4.90 Å². The molecule has 0 aliphatic heterocycles. The number of anilines is 1. The Morgan fingerprint density at radius 1 is 1.17 bits per heavy atom. The first-order valence-corrected chi connectivity index (χ1v) is 10.7. The molecule has 1 aromatic carbocycles. The molecule has 9 heteroatoms. The molecule has 0 aliphatic rings. The molecule has 3 N–H and O–H groups in total. The fourth-order valence-corrected chi connectivity index (χ4v) is 3.07. The van der Waals surface area contributed by atoms with Gasteiger partial charge in [-0.15, -0.1) is 0 Å². The zero-order valence-electron chi connectivity index (χ0n) is 17.5. The number of carbonyl (C=O) groups excluding carboxylic acids is 2. The van der Waals surface area contributed by atoms with Crippen LogP contribution in [0.5, 0.6) is 0 Å². The predicted octanol–water partition coefficient (Wildman–Crippen LogP) is 3.60. The number of nitrogens with one attached hydrogen (secondary N) is 1. The van der Waals surface area contributed by atoms with Gasteiger partial charge in [0.1, 0.15) is 0 Å². The van der Waals surface area contributed by atoms with Gasteiger partial charge < -0.3 is 20.5 Å². The molecule has 1 aromatic heterocycles. The van der Waals surface area contributed by atoms with Crippen molar-refractivity contribution in [3.05, 3.63) is 36.5 Å². The Bertz CT molecular complexity index is 841. The highest BCUT2D eigenvalue weighted by atomic mass is 35.5. The lowest BCUT2D eigenvalue weighted by atomic mass is 10.00. The zero-order chi connectivity index (χ0) is 22.4. The number of amides is 2. The van der Waals surface area contributed by atoms with E-state index in [0.717, 1.165) is 5.56 Å². The van der Waals surface area contributed by atoms with E-state index < -0.39 is 16.8 Å². The molecule has 0 fully saturated rings. The molecule has 2 aromatic rings. The van der Waals surface area contributed by atoms with Crippen molar-refractivity contribution in [1.82, 2.24) is 10.5 Å². The molecule has 0 bridgehead atoms. The van der Waals surface area contributed by atoms with Crippen molar-refractivity contribution in [2.45, 2.75) is 44.6 Å². The molecule has 2 atom stereocenters. The van der Waals surface area contributed by atoms with Gasteiger partial charge in [-0.1, -0.05) is 68.2 Å². The van der Waals surface area contributed by atoms with Crippen LogP contribution in [-0.2, 0) is 9.59 Å². The molecule has 30 heavy (non-hydrogen) atoms. The summed E-state index contributed by atoms with van der Waals surface area (Å²) in [4.78, 5) is 25.6. The van der Waals surface area contributed by atoms with E-state index in [2.05, 4.69) is 10.5 Å². The highest BCUT2D eigenvalue weighted by molar-refractivity contribution is 6.54. The molecule has 0 radical (unpaired) electrons. The molecule has 0 saturated heterocycles. The van der Waals surface area contributed by atoms with Crippen molar-refractivity contribution in [2.75, 3.05) is 11.4 Å². The van der Waals surface area contributed by atoms with Gasteiger partial charge in [0.2, 0.25) is 5.91 Å². The summed E-state index contributed by atoms with van der Waals surface area (Å²) in [7, 11) is 0. The molecule has 2 amide bonds. The fraction of sp³-hybridized carbons (Fsp3) is 0.476. The van der Waals surface area contributed by atoms with E-state index in [9.17, 15) is 9.59 Å². The Morgan fingerprint density at radius 2 is 1.87 bits per heavy atom. The Balaban J connectivity index is 2.33. The lowest BCUT2D eigenvalue weighted by Crippen LogP contribution is -2.54. The Morgan fingerprint density at radius 3 is 2.40 bits per heavy atom. The monoisotopic (exact) mass is 454 g/mol. The van der Waals surface area contributed by atoms with Crippen LogP contribution < -0.4 is 16.0 Å². The van der Waals surface area contributed by atoms with Crippen LogP contribution in [0.1, 0.15) is 27.7 Å². The second-order valence-electron chi connectivity index (χ2n) is 7.81. The molecule has 2 rings (SSSR count). The molecule has 0 spiro atoms. The Labute approximate surface area is 186 Å². The molecule has 0 unspecified atom stereocenters. The third-order valence-corrected chi connectivity index (χ3v) is 5.24. The number of alkyl halides is 2. The lowest BCUT2D eigenvalue weighted by molar-refractivity contribution is -0.124. The minimum absolute atomic E-state index is 0.0100. The minimum atomic E-state index is -1.25. The fourth-order valence-electron chi connectivity index (χ4n) is 2.83. The maximum atomic E-state index is 12.8. The Hall–Kier alpha value is -2.09. The van der Waals surface area contributed by atoms with Gasteiger partial charge >= 0.3 is 0 Å². The summed E-state index contributed by atoms with van der Waals surface area (Å²) < 4.78 is 5.21.